The second-order valence-electron chi connectivity index (χ2n) is 4.62. The molecule has 0 bridgehead atoms. The number of H-pyrrole nitrogens is 1. The number of aromatic nitrogens is 2. The van der Waals surface area contributed by atoms with Gasteiger partial charge in [-0.2, -0.15) is 5.10 Å². The van der Waals surface area contributed by atoms with Gasteiger partial charge in [-0.3, -0.25) is 10.00 Å². The molecular formula is C14H17N3. The SMILES string of the molecule is c1ccc(-c2[nH]ncc2CN2CCCC2)cc1. The van der Waals surface area contributed by atoms with Crippen LogP contribution in [0.5, 0.6) is 0 Å². The normalized spacial score (nSPS) is 16.5. The number of rotatable bonds is 3. The van der Waals surface area contributed by atoms with Crippen molar-refractivity contribution in [2.24, 2.45) is 0 Å². The molecule has 1 N–H and O–H groups in total. The average Bonchev–Trinajstić information content (AvgIpc) is 3.02. The molecule has 3 heteroatoms. The molecule has 17 heavy (non-hydrogen) atoms. The predicted molar refractivity (Wildman–Crippen MR) is 68.5 cm³/mol. The summed E-state index contributed by atoms with van der Waals surface area (Å²) in [5.41, 5.74) is 3.69. The standard InChI is InChI=1S/C14H17N3/c1-2-6-12(7-3-1)14-13(10-15-16-14)11-17-8-4-5-9-17/h1-3,6-7,10H,4-5,8-9,11H2,(H,15,16). The van der Waals surface area contributed by atoms with Crippen LogP contribution in [0.15, 0.2) is 36.5 Å². The maximum absolute atomic E-state index is 4.19. The summed E-state index contributed by atoms with van der Waals surface area (Å²) < 4.78 is 0. The van der Waals surface area contributed by atoms with Crippen molar-refractivity contribution in [1.82, 2.24) is 15.1 Å². The molecule has 0 spiro atoms. The smallest absolute Gasteiger partial charge is 0.0695 e. The van der Waals surface area contributed by atoms with Crippen LogP contribution in [0.3, 0.4) is 0 Å². The Labute approximate surface area is 101 Å². The molecule has 0 atom stereocenters. The van der Waals surface area contributed by atoms with E-state index in [-0.39, 0.29) is 0 Å². The minimum Gasteiger partial charge on any atom is -0.299 e. The van der Waals surface area contributed by atoms with Crippen LogP contribution in [0.2, 0.25) is 0 Å². The van der Waals surface area contributed by atoms with Crippen molar-refractivity contribution in [3.63, 3.8) is 0 Å². The van der Waals surface area contributed by atoms with Gasteiger partial charge in [-0.1, -0.05) is 30.3 Å². The molecule has 88 valence electrons. The third kappa shape index (κ3) is 2.24. The van der Waals surface area contributed by atoms with Gasteiger partial charge in [-0.05, 0) is 31.5 Å². The summed E-state index contributed by atoms with van der Waals surface area (Å²) in [6.45, 7) is 3.46. The molecule has 1 aliphatic heterocycles. The van der Waals surface area contributed by atoms with Crippen LogP contribution in [0.1, 0.15) is 18.4 Å². The summed E-state index contributed by atoms with van der Waals surface area (Å²) in [5.74, 6) is 0. The van der Waals surface area contributed by atoms with E-state index < -0.39 is 0 Å². The van der Waals surface area contributed by atoms with Crippen molar-refractivity contribution in [1.29, 1.82) is 0 Å². The van der Waals surface area contributed by atoms with Gasteiger partial charge in [0.1, 0.15) is 0 Å². The van der Waals surface area contributed by atoms with Gasteiger partial charge in [0.15, 0.2) is 0 Å². The average molecular weight is 227 g/mol. The van der Waals surface area contributed by atoms with E-state index in [4.69, 9.17) is 0 Å². The molecule has 0 saturated carbocycles. The predicted octanol–water partition coefficient (Wildman–Crippen LogP) is 2.67. The van der Waals surface area contributed by atoms with Gasteiger partial charge in [0.2, 0.25) is 0 Å². The maximum Gasteiger partial charge on any atom is 0.0695 e. The Morgan fingerprint density at radius 1 is 1.12 bits per heavy atom. The van der Waals surface area contributed by atoms with Crippen LogP contribution in [-0.2, 0) is 6.54 Å². The number of nitrogens with one attached hydrogen (secondary N) is 1. The molecule has 1 saturated heterocycles. The minimum atomic E-state index is 1.01. The third-order valence-electron chi connectivity index (χ3n) is 3.37. The molecule has 0 amide bonds. The summed E-state index contributed by atoms with van der Waals surface area (Å²) in [5, 5.41) is 7.31. The lowest BCUT2D eigenvalue weighted by atomic mass is 10.1. The highest BCUT2D eigenvalue weighted by atomic mass is 15.2. The largest absolute Gasteiger partial charge is 0.299 e. The Kier molecular flexibility index (Phi) is 2.92. The zero-order valence-electron chi connectivity index (χ0n) is 9.89. The lowest BCUT2D eigenvalue weighted by Crippen LogP contribution is -2.18. The highest BCUT2D eigenvalue weighted by Gasteiger charge is 2.15. The van der Waals surface area contributed by atoms with E-state index in [1.165, 1.54) is 37.1 Å². The lowest BCUT2D eigenvalue weighted by molar-refractivity contribution is 0.332. The number of benzene rings is 1. The Hall–Kier alpha value is -1.61. The molecule has 1 aromatic carbocycles. The van der Waals surface area contributed by atoms with Crippen LogP contribution in [0.25, 0.3) is 11.3 Å². The Morgan fingerprint density at radius 2 is 1.88 bits per heavy atom. The summed E-state index contributed by atoms with van der Waals surface area (Å²) in [4.78, 5) is 2.50. The topological polar surface area (TPSA) is 31.9 Å². The molecule has 2 aromatic rings. The molecule has 0 radical (unpaired) electrons. The fourth-order valence-corrected chi connectivity index (χ4v) is 2.47. The van der Waals surface area contributed by atoms with E-state index in [1.54, 1.807) is 0 Å². The van der Waals surface area contributed by atoms with E-state index in [2.05, 4.69) is 39.4 Å². The van der Waals surface area contributed by atoms with Gasteiger partial charge in [0.25, 0.3) is 0 Å². The highest BCUT2D eigenvalue weighted by molar-refractivity contribution is 5.62. The number of likely N-dealkylation sites (tertiary alicyclic amines) is 1. The van der Waals surface area contributed by atoms with E-state index in [0.29, 0.717) is 0 Å². The van der Waals surface area contributed by atoms with Crippen molar-refractivity contribution in [2.45, 2.75) is 19.4 Å². The van der Waals surface area contributed by atoms with Crippen molar-refractivity contribution in [3.8, 4) is 11.3 Å². The second kappa shape index (κ2) is 4.72. The van der Waals surface area contributed by atoms with Crippen molar-refractivity contribution in [2.75, 3.05) is 13.1 Å². The van der Waals surface area contributed by atoms with Crippen LogP contribution in [-0.4, -0.2) is 28.2 Å². The third-order valence-corrected chi connectivity index (χ3v) is 3.37. The van der Waals surface area contributed by atoms with Gasteiger partial charge < -0.3 is 0 Å². The molecular weight excluding hydrogens is 210 g/mol. The first-order chi connectivity index (χ1) is 8.43. The number of hydrogen-bond acceptors (Lipinski definition) is 2. The van der Waals surface area contributed by atoms with Gasteiger partial charge in [0.05, 0.1) is 11.9 Å². The Balaban J connectivity index is 1.84. The fourth-order valence-electron chi connectivity index (χ4n) is 2.47. The molecule has 1 aliphatic rings. The summed E-state index contributed by atoms with van der Waals surface area (Å²) in [7, 11) is 0. The van der Waals surface area contributed by atoms with Gasteiger partial charge >= 0.3 is 0 Å². The minimum absolute atomic E-state index is 1.01. The van der Waals surface area contributed by atoms with Crippen molar-refractivity contribution >= 4 is 0 Å². The maximum atomic E-state index is 4.19. The molecule has 3 nitrogen and oxygen atoms in total. The van der Waals surface area contributed by atoms with E-state index in [1.807, 2.05) is 12.3 Å². The van der Waals surface area contributed by atoms with Crippen LogP contribution >= 0.6 is 0 Å². The van der Waals surface area contributed by atoms with Crippen molar-refractivity contribution < 1.29 is 0 Å². The molecule has 1 aromatic heterocycles. The fraction of sp³-hybridized carbons (Fsp3) is 0.357. The summed E-state index contributed by atoms with van der Waals surface area (Å²) in [6.07, 6.45) is 4.62. The van der Waals surface area contributed by atoms with Gasteiger partial charge in [0, 0.05) is 12.1 Å². The number of hydrogen-bond donors (Lipinski definition) is 1. The molecule has 0 unspecified atom stereocenters. The molecule has 1 fully saturated rings. The van der Waals surface area contributed by atoms with Crippen LogP contribution < -0.4 is 0 Å². The van der Waals surface area contributed by atoms with Gasteiger partial charge in [-0.15, -0.1) is 0 Å². The number of aromatic amines is 1. The zero-order valence-corrected chi connectivity index (χ0v) is 9.89. The number of nitrogens with zero attached hydrogens (tertiary/aromatic N) is 2. The van der Waals surface area contributed by atoms with E-state index in [0.717, 1.165) is 12.2 Å². The first-order valence-electron chi connectivity index (χ1n) is 6.23. The monoisotopic (exact) mass is 227 g/mol. The van der Waals surface area contributed by atoms with E-state index in [9.17, 15) is 0 Å². The quantitative estimate of drug-likeness (QED) is 0.874. The van der Waals surface area contributed by atoms with Crippen LogP contribution in [0, 0.1) is 0 Å². The first kappa shape index (κ1) is 10.5. The van der Waals surface area contributed by atoms with E-state index >= 15 is 0 Å². The van der Waals surface area contributed by atoms with Gasteiger partial charge in [-0.25, -0.2) is 0 Å². The Morgan fingerprint density at radius 3 is 2.65 bits per heavy atom. The highest BCUT2D eigenvalue weighted by Crippen LogP contribution is 2.23. The lowest BCUT2D eigenvalue weighted by Gasteiger charge is -2.14. The summed E-state index contributed by atoms with van der Waals surface area (Å²) in [6, 6.07) is 10.4. The van der Waals surface area contributed by atoms with Crippen molar-refractivity contribution in [3.05, 3.63) is 42.1 Å². The summed E-state index contributed by atoms with van der Waals surface area (Å²) >= 11 is 0. The zero-order chi connectivity index (χ0) is 11.5. The molecule has 3 rings (SSSR count). The molecule has 2 heterocycles. The second-order valence-corrected chi connectivity index (χ2v) is 4.62. The Bertz CT molecular complexity index is 469. The first-order valence-corrected chi connectivity index (χ1v) is 6.23. The molecule has 0 aliphatic carbocycles. The van der Waals surface area contributed by atoms with Crippen LogP contribution in [0.4, 0.5) is 0 Å².